The van der Waals surface area contributed by atoms with Gasteiger partial charge in [-0.2, -0.15) is 5.10 Å². The second kappa shape index (κ2) is 9.82. The Morgan fingerprint density at radius 1 is 1.12 bits per heavy atom. The number of aliphatic imine (C=N–C) groups is 1. The van der Waals surface area contributed by atoms with Crippen molar-refractivity contribution in [2.75, 3.05) is 27.9 Å². The van der Waals surface area contributed by atoms with Crippen molar-refractivity contribution in [1.29, 1.82) is 0 Å². The molecule has 142 valence electrons. The van der Waals surface area contributed by atoms with E-state index in [1.807, 2.05) is 35.9 Å². The molecule has 0 bridgehead atoms. The second-order valence-electron chi connectivity index (χ2n) is 5.99. The first-order chi connectivity index (χ1) is 12.6. The quantitative estimate of drug-likeness (QED) is 0.557. The molecule has 7 nitrogen and oxygen atoms in total. The maximum Gasteiger partial charge on any atom is 0.191 e. The monoisotopic (exact) mass is 359 g/mol. The molecule has 0 fully saturated rings. The predicted octanol–water partition coefficient (Wildman–Crippen LogP) is 2.02. The number of nitrogens with one attached hydrogen (secondary N) is 2. The van der Waals surface area contributed by atoms with Crippen LogP contribution in [0.5, 0.6) is 5.75 Å². The Labute approximate surface area is 155 Å². The van der Waals surface area contributed by atoms with Gasteiger partial charge in [-0.1, -0.05) is 12.1 Å². The lowest BCUT2D eigenvalue weighted by molar-refractivity contribution is 0.182. The van der Waals surface area contributed by atoms with Gasteiger partial charge >= 0.3 is 0 Å². The van der Waals surface area contributed by atoms with Crippen molar-refractivity contribution in [3.63, 3.8) is 0 Å². The average molecular weight is 359 g/mol. The molecule has 1 aromatic heterocycles. The summed E-state index contributed by atoms with van der Waals surface area (Å²) in [7, 11) is 5.14. The Hall–Kier alpha value is -2.54. The third kappa shape index (κ3) is 5.23. The summed E-state index contributed by atoms with van der Waals surface area (Å²) in [5, 5.41) is 11.3. The van der Waals surface area contributed by atoms with E-state index in [2.05, 4.69) is 27.6 Å². The van der Waals surface area contributed by atoms with Crippen LogP contribution in [0.4, 0.5) is 0 Å². The van der Waals surface area contributed by atoms with Crippen molar-refractivity contribution in [3.05, 3.63) is 46.8 Å². The molecule has 0 amide bonds. The molecule has 0 radical (unpaired) electrons. The zero-order chi connectivity index (χ0) is 18.9. The van der Waals surface area contributed by atoms with Gasteiger partial charge in [0.1, 0.15) is 5.75 Å². The number of guanidine groups is 1. The molecule has 0 aliphatic heterocycles. The van der Waals surface area contributed by atoms with Gasteiger partial charge in [0.2, 0.25) is 0 Å². The van der Waals surface area contributed by atoms with Crippen LogP contribution in [0.2, 0.25) is 0 Å². The minimum atomic E-state index is 0.653. The molecule has 0 unspecified atom stereocenters. The molecular weight excluding hydrogens is 330 g/mol. The van der Waals surface area contributed by atoms with Crippen molar-refractivity contribution in [2.45, 2.75) is 33.5 Å². The summed E-state index contributed by atoms with van der Waals surface area (Å²) in [4.78, 5) is 4.29. The summed E-state index contributed by atoms with van der Waals surface area (Å²) in [6.07, 6.45) is 0. The zero-order valence-electron chi connectivity index (χ0n) is 16.3. The molecule has 0 aliphatic rings. The smallest absolute Gasteiger partial charge is 0.191 e. The third-order valence-electron chi connectivity index (χ3n) is 4.31. The van der Waals surface area contributed by atoms with Gasteiger partial charge in [-0.15, -0.1) is 0 Å². The minimum Gasteiger partial charge on any atom is -0.497 e. The second-order valence-corrected chi connectivity index (χ2v) is 5.99. The Balaban J connectivity index is 1.91. The standard InChI is InChI=1S/C19H29N5O2/c1-14-18(15(2)24(23-14)10-11-25-4)13-22-19(20-3)21-12-16-6-8-17(26-5)9-7-16/h6-9H,10-13H2,1-5H3,(H2,20,21,22). The van der Waals surface area contributed by atoms with E-state index in [9.17, 15) is 0 Å². The summed E-state index contributed by atoms with van der Waals surface area (Å²) in [5.41, 5.74) is 4.52. The number of aryl methyl sites for hydroxylation is 1. The highest BCUT2D eigenvalue weighted by atomic mass is 16.5. The van der Waals surface area contributed by atoms with Crippen molar-refractivity contribution in [1.82, 2.24) is 20.4 Å². The first-order valence-corrected chi connectivity index (χ1v) is 8.68. The van der Waals surface area contributed by atoms with E-state index in [1.54, 1.807) is 21.3 Å². The van der Waals surface area contributed by atoms with Crippen LogP contribution in [0.1, 0.15) is 22.5 Å². The summed E-state index contributed by atoms with van der Waals surface area (Å²) < 4.78 is 12.3. The predicted molar refractivity (Wildman–Crippen MR) is 104 cm³/mol. The first kappa shape index (κ1) is 19.8. The average Bonchev–Trinajstić information content (AvgIpc) is 2.94. The fourth-order valence-electron chi connectivity index (χ4n) is 2.71. The van der Waals surface area contributed by atoms with Gasteiger partial charge in [-0.25, -0.2) is 0 Å². The lowest BCUT2D eigenvalue weighted by atomic mass is 10.2. The normalized spacial score (nSPS) is 11.5. The van der Waals surface area contributed by atoms with Gasteiger partial charge in [-0.05, 0) is 31.5 Å². The molecule has 0 aliphatic carbocycles. The van der Waals surface area contributed by atoms with Gasteiger partial charge < -0.3 is 20.1 Å². The molecule has 2 rings (SSSR count). The van der Waals surface area contributed by atoms with E-state index < -0.39 is 0 Å². The van der Waals surface area contributed by atoms with Crippen molar-refractivity contribution < 1.29 is 9.47 Å². The van der Waals surface area contributed by atoms with Crippen LogP contribution in [-0.2, 0) is 24.4 Å². The summed E-state index contributed by atoms with van der Waals surface area (Å²) >= 11 is 0. The zero-order valence-corrected chi connectivity index (χ0v) is 16.3. The molecule has 0 saturated heterocycles. The highest BCUT2D eigenvalue weighted by Crippen LogP contribution is 2.13. The number of benzene rings is 1. The highest BCUT2D eigenvalue weighted by molar-refractivity contribution is 5.79. The molecule has 0 atom stereocenters. The fraction of sp³-hybridized carbons (Fsp3) is 0.474. The van der Waals surface area contributed by atoms with Crippen LogP contribution in [0.3, 0.4) is 0 Å². The molecular formula is C19H29N5O2. The first-order valence-electron chi connectivity index (χ1n) is 8.68. The van der Waals surface area contributed by atoms with E-state index >= 15 is 0 Å². The van der Waals surface area contributed by atoms with Crippen molar-refractivity contribution in [3.8, 4) is 5.75 Å². The minimum absolute atomic E-state index is 0.653. The molecule has 26 heavy (non-hydrogen) atoms. The van der Waals surface area contributed by atoms with E-state index in [1.165, 1.54) is 5.56 Å². The molecule has 1 heterocycles. The van der Waals surface area contributed by atoms with Gasteiger partial charge in [-0.3, -0.25) is 9.67 Å². The van der Waals surface area contributed by atoms with Crippen LogP contribution >= 0.6 is 0 Å². The summed E-state index contributed by atoms with van der Waals surface area (Å²) in [5.74, 6) is 1.61. The molecule has 1 aromatic carbocycles. The summed E-state index contributed by atoms with van der Waals surface area (Å²) in [6.45, 7) is 6.89. The maximum absolute atomic E-state index is 5.18. The SMILES string of the molecule is CN=C(NCc1ccc(OC)cc1)NCc1c(C)nn(CCOC)c1C. The number of ether oxygens (including phenoxy) is 2. The summed E-state index contributed by atoms with van der Waals surface area (Å²) in [6, 6.07) is 7.98. The van der Waals surface area contributed by atoms with E-state index in [4.69, 9.17) is 9.47 Å². The molecule has 0 saturated carbocycles. The van der Waals surface area contributed by atoms with Gasteiger partial charge in [0, 0.05) is 38.5 Å². The van der Waals surface area contributed by atoms with Crippen LogP contribution in [0.15, 0.2) is 29.3 Å². The number of aromatic nitrogens is 2. The highest BCUT2D eigenvalue weighted by Gasteiger charge is 2.11. The number of nitrogens with zero attached hydrogens (tertiary/aromatic N) is 3. The van der Waals surface area contributed by atoms with Crippen LogP contribution < -0.4 is 15.4 Å². The van der Waals surface area contributed by atoms with E-state index in [0.29, 0.717) is 19.7 Å². The van der Waals surface area contributed by atoms with Crippen LogP contribution in [-0.4, -0.2) is 43.6 Å². The topological polar surface area (TPSA) is 72.7 Å². The molecule has 2 aromatic rings. The largest absolute Gasteiger partial charge is 0.497 e. The Morgan fingerprint density at radius 2 is 1.81 bits per heavy atom. The maximum atomic E-state index is 5.18. The molecule has 7 heteroatoms. The van der Waals surface area contributed by atoms with E-state index in [-0.39, 0.29) is 0 Å². The van der Waals surface area contributed by atoms with Gasteiger partial charge in [0.05, 0.1) is 26.0 Å². The Kier molecular flexibility index (Phi) is 7.47. The number of methoxy groups -OCH3 is 2. The van der Waals surface area contributed by atoms with Crippen LogP contribution in [0.25, 0.3) is 0 Å². The Bertz CT molecular complexity index is 722. The number of hydrogen-bond donors (Lipinski definition) is 2. The van der Waals surface area contributed by atoms with Crippen molar-refractivity contribution >= 4 is 5.96 Å². The number of hydrogen-bond acceptors (Lipinski definition) is 4. The van der Waals surface area contributed by atoms with E-state index in [0.717, 1.165) is 35.2 Å². The van der Waals surface area contributed by atoms with Crippen LogP contribution in [0, 0.1) is 13.8 Å². The number of rotatable bonds is 8. The fourth-order valence-corrected chi connectivity index (χ4v) is 2.71. The van der Waals surface area contributed by atoms with Gasteiger partial charge in [0.15, 0.2) is 5.96 Å². The molecule has 2 N–H and O–H groups in total. The van der Waals surface area contributed by atoms with Crippen molar-refractivity contribution in [2.24, 2.45) is 4.99 Å². The third-order valence-corrected chi connectivity index (χ3v) is 4.31. The lowest BCUT2D eigenvalue weighted by Gasteiger charge is -2.13. The van der Waals surface area contributed by atoms with Gasteiger partial charge in [0.25, 0.3) is 0 Å². The Morgan fingerprint density at radius 3 is 2.42 bits per heavy atom. The lowest BCUT2D eigenvalue weighted by Crippen LogP contribution is -2.36. The molecule has 0 spiro atoms.